The van der Waals surface area contributed by atoms with Crippen LogP contribution in [0.2, 0.25) is 0 Å². The molecule has 1 unspecified atom stereocenters. The normalized spacial score (nSPS) is 11.9. The summed E-state index contributed by atoms with van der Waals surface area (Å²) in [6, 6.07) is 8.54. The lowest BCUT2D eigenvalue weighted by Gasteiger charge is -2.24. The molecule has 0 bridgehead atoms. The predicted octanol–water partition coefficient (Wildman–Crippen LogP) is 3.30. The highest BCUT2D eigenvalue weighted by Gasteiger charge is 2.22. The third-order valence-corrected chi connectivity index (χ3v) is 4.33. The van der Waals surface area contributed by atoms with Crippen molar-refractivity contribution < 1.29 is 14.6 Å². The molecular formula is C15H17NO3S. The maximum atomic E-state index is 12.5. The number of phenols is 1. The fraction of sp³-hybridized carbons (Fsp3) is 0.267. The number of benzene rings is 1. The average molecular weight is 291 g/mol. The Hall–Kier alpha value is -2.01. The summed E-state index contributed by atoms with van der Waals surface area (Å²) in [5.74, 6) is 0.270. The molecule has 1 heterocycles. The molecule has 0 spiro atoms. The van der Waals surface area contributed by atoms with Crippen molar-refractivity contribution in [2.45, 2.75) is 13.0 Å². The van der Waals surface area contributed by atoms with E-state index < -0.39 is 0 Å². The molecule has 0 radical (unpaired) electrons. The Morgan fingerprint density at radius 2 is 2.15 bits per heavy atom. The zero-order valence-corrected chi connectivity index (χ0v) is 12.5. The Balaban J connectivity index is 2.26. The Labute approximate surface area is 122 Å². The lowest BCUT2D eigenvalue weighted by Crippen LogP contribution is -2.29. The summed E-state index contributed by atoms with van der Waals surface area (Å²) < 4.78 is 5.09. The number of carbonyl (C=O) groups is 1. The van der Waals surface area contributed by atoms with Crippen LogP contribution in [0.3, 0.4) is 0 Å². The number of aromatic hydroxyl groups is 1. The van der Waals surface area contributed by atoms with Crippen molar-refractivity contribution in [1.29, 1.82) is 0 Å². The zero-order valence-electron chi connectivity index (χ0n) is 11.7. The minimum Gasteiger partial charge on any atom is -0.507 e. The first kappa shape index (κ1) is 14.4. The monoisotopic (exact) mass is 291 g/mol. The number of phenolic OH excluding ortho intramolecular Hbond substituents is 1. The second-order valence-electron chi connectivity index (χ2n) is 4.49. The van der Waals surface area contributed by atoms with Gasteiger partial charge in [-0.3, -0.25) is 4.79 Å². The van der Waals surface area contributed by atoms with Crippen molar-refractivity contribution in [2.24, 2.45) is 0 Å². The molecule has 5 heteroatoms. The molecule has 1 aromatic heterocycles. The summed E-state index contributed by atoms with van der Waals surface area (Å²) in [5, 5.41) is 11.8. The fourth-order valence-corrected chi connectivity index (χ4v) is 2.73. The predicted molar refractivity (Wildman–Crippen MR) is 79.5 cm³/mol. The van der Waals surface area contributed by atoms with Crippen molar-refractivity contribution in [3.63, 3.8) is 0 Å². The molecule has 20 heavy (non-hydrogen) atoms. The molecule has 2 aromatic rings. The first-order chi connectivity index (χ1) is 9.54. The minimum absolute atomic E-state index is 0.0407. The number of thiophene rings is 1. The van der Waals surface area contributed by atoms with Gasteiger partial charge < -0.3 is 14.7 Å². The van der Waals surface area contributed by atoms with E-state index in [1.165, 1.54) is 13.2 Å². The van der Waals surface area contributed by atoms with Crippen molar-refractivity contribution in [3.8, 4) is 11.5 Å². The molecule has 0 aliphatic heterocycles. The van der Waals surface area contributed by atoms with Crippen LogP contribution >= 0.6 is 11.3 Å². The molecular weight excluding hydrogens is 274 g/mol. The molecule has 0 aliphatic rings. The first-order valence-corrected chi connectivity index (χ1v) is 7.10. The smallest absolute Gasteiger partial charge is 0.258 e. The Bertz CT molecular complexity index is 595. The van der Waals surface area contributed by atoms with Crippen LogP contribution in [0, 0.1) is 0 Å². The van der Waals surface area contributed by atoms with Crippen LogP contribution in [0.5, 0.6) is 11.5 Å². The van der Waals surface area contributed by atoms with Crippen LogP contribution in [0.1, 0.15) is 28.2 Å². The molecule has 1 amide bonds. The number of methoxy groups -OCH3 is 1. The molecule has 0 saturated carbocycles. The van der Waals surface area contributed by atoms with E-state index in [0.29, 0.717) is 5.75 Å². The molecule has 0 saturated heterocycles. The molecule has 2 rings (SSSR count). The minimum atomic E-state index is -0.234. The molecule has 0 aliphatic carbocycles. The highest BCUT2D eigenvalue weighted by atomic mass is 32.1. The summed E-state index contributed by atoms with van der Waals surface area (Å²) in [5.41, 5.74) is 0.246. The van der Waals surface area contributed by atoms with E-state index in [4.69, 9.17) is 4.74 Å². The van der Waals surface area contributed by atoms with Gasteiger partial charge >= 0.3 is 0 Å². The Morgan fingerprint density at radius 3 is 2.75 bits per heavy atom. The maximum absolute atomic E-state index is 12.5. The number of carbonyl (C=O) groups excluding carboxylic acids is 1. The third-order valence-electron chi connectivity index (χ3n) is 3.29. The van der Waals surface area contributed by atoms with Crippen LogP contribution in [0.15, 0.2) is 35.7 Å². The number of hydrogen-bond donors (Lipinski definition) is 1. The highest BCUT2D eigenvalue weighted by molar-refractivity contribution is 7.10. The molecule has 106 valence electrons. The van der Waals surface area contributed by atoms with E-state index in [1.807, 2.05) is 24.4 Å². The van der Waals surface area contributed by atoms with Crippen LogP contribution in [-0.2, 0) is 0 Å². The van der Waals surface area contributed by atoms with Gasteiger partial charge in [-0.05, 0) is 36.6 Å². The van der Waals surface area contributed by atoms with Gasteiger partial charge in [-0.25, -0.2) is 0 Å². The summed E-state index contributed by atoms with van der Waals surface area (Å²) in [7, 11) is 3.25. The van der Waals surface area contributed by atoms with E-state index in [2.05, 4.69) is 0 Å². The summed E-state index contributed by atoms with van der Waals surface area (Å²) in [4.78, 5) is 15.2. The standard InChI is InChI=1S/C15H17NO3S/c1-10(14-5-4-8-20-14)16(2)15(18)12-9-11(19-3)6-7-13(12)17/h4-10,17H,1-3H3. The number of hydrogen-bond acceptors (Lipinski definition) is 4. The quantitative estimate of drug-likeness (QED) is 0.940. The maximum Gasteiger partial charge on any atom is 0.258 e. The number of ether oxygens (including phenoxy) is 1. The summed E-state index contributed by atoms with van der Waals surface area (Å²) in [6.45, 7) is 1.96. The van der Waals surface area contributed by atoms with Gasteiger partial charge in [0.1, 0.15) is 11.5 Å². The van der Waals surface area contributed by atoms with Gasteiger partial charge in [0.2, 0.25) is 0 Å². The van der Waals surface area contributed by atoms with Crippen molar-refractivity contribution >= 4 is 17.2 Å². The molecule has 1 aromatic carbocycles. The number of nitrogens with zero attached hydrogens (tertiary/aromatic N) is 1. The van der Waals surface area contributed by atoms with E-state index in [1.54, 1.807) is 35.4 Å². The van der Waals surface area contributed by atoms with E-state index in [0.717, 1.165) is 4.88 Å². The van der Waals surface area contributed by atoms with Crippen LogP contribution in [0.25, 0.3) is 0 Å². The SMILES string of the molecule is COc1ccc(O)c(C(=O)N(C)C(C)c2cccs2)c1. The summed E-state index contributed by atoms with van der Waals surface area (Å²) in [6.07, 6.45) is 0. The van der Waals surface area contributed by atoms with Crippen LogP contribution in [-0.4, -0.2) is 30.1 Å². The van der Waals surface area contributed by atoms with Crippen molar-refractivity contribution in [3.05, 3.63) is 46.2 Å². The first-order valence-electron chi connectivity index (χ1n) is 6.22. The number of amides is 1. The lowest BCUT2D eigenvalue weighted by atomic mass is 10.1. The van der Waals surface area contributed by atoms with E-state index in [9.17, 15) is 9.90 Å². The van der Waals surface area contributed by atoms with Crippen LogP contribution in [0.4, 0.5) is 0 Å². The van der Waals surface area contributed by atoms with Gasteiger partial charge in [0.15, 0.2) is 0 Å². The van der Waals surface area contributed by atoms with Gasteiger partial charge in [-0.2, -0.15) is 0 Å². The van der Waals surface area contributed by atoms with E-state index in [-0.39, 0.29) is 23.3 Å². The fourth-order valence-electron chi connectivity index (χ4n) is 1.90. The summed E-state index contributed by atoms with van der Waals surface area (Å²) >= 11 is 1.60. The zero-order chi connectivity index (χ0) is 14.7. The topological polar surface area (TPSA) is 49.8 Å². The second kappa shape index (κ2) is 5.96. The Kier molecular flexibility index (Phi) is 4.29. The van der Waals surface area contributed by atoms with Crippen molar-refractivity contribution in [2.75, 3.05) is 14.2 Å². The van der Waals surface area contributed by atoms with Gasteiger partial charge in [-0.1, -0.05) is 6.07 Å². The van der Waals surface area contributed by atoms with Gasteiger partial charge in [-0.15, -0.1) is 11.3 Å². The van der Waals surface area contributed by atoms with Crippen LogP contribution < -0.4 is 4.74 Å². The van der Waals surface area contributed by atoms with Gasteiger partial charge in [0, 0.05) is 11.9 Å². The molecule has 4 nitrogen and oxygen atoms in total. The van der Waals surface area contributed by atoms with E-state index >= 15 is 0 Å². The van der Waals surface area contributed by atoms with Crippen molar-refractivity contribution in [1.82, 2.24) is 4.90 Å². The van der Waals surface area contributed by atoms with Gasteiger partial charge in [0.05, 0.1) is 18.7 Å². The second-order valence-corrected chi connectivity index (χ2v) is 5.47. The lowest BCUT2D eigenvalue weighted by molar-refractivity contribution is 0.0741. The number of rotatable bonds is 4. The average Bonchev–Trinajstić information content (AvgIpc) is 2.99. The highest BCUT2D eigenvalue weighted by Crippen LogP contribution is 2.28. The molecule has 0 fully saturated rings. The Morgan fingerprint density at radius 1 is 1.40 bits per heavy atom. The molecule has 1 N–H and O–H groups in total. The largest absolute Gasteiger partial charge is 0.507 e. The third kappa shape index (κ3) is 2.77. The molecule has 1 atom stereocenters. The van der Waals surface area contributed by atoms with Gasteiger partial charge in [0.25, 0.3) is 5.91 Å².